The number of oxazole rings is 1. The normalized spacial score (nSPS) is 11.9. The molecule has 0 saturated heterocycles. The lowest BCUT2D eigenvalue weighted by atomic mass is 10.3. The van der Waals surface area contributed by atoms with E-state index >= 15 is 0 Å². The molecule has 7 nitrogen and oxygen atoms in total. The molecule has 0 radical (unpaired) electrons. The maximum atomic E-state index is 11.6. The van der Waals surface area contributed by atoms with Crippen LogP contribution in [0.15, 0.2) is 10.6 Å². The highest BCUT2D eigenvalue weighted by Crippen LogP contribution is 2.04. The van der Waals surface area contributed by atoms with Crippen molar-refractivity contribution in [3.05, 3.63) is 17.8 Å². The van der Waals surface area contributed by atoms with Crippen LogP contribution in [0.1, 0.15) is 25.5 Å². The first-order valence-electron chi connectivity index (χ1n) is 5.62. The second-order valence-electron chi connectivity index (χ2n) is 3.86. The average molecular weight is 255 g/mol. The van der Waals surface area contributed by atoms with E-state index in [9.17, 15) is 9.59 Å². The van der Waals surface area contributed by atoms with Gasteiger partial charge in [0.05, 0.1) is 12.7 Å². The summed E-state index contributed by atoms with van der Waals surface area (Å²) in [4.78, 5) is 27.4. The predicted molar refractivity (Wildman–Crippen MR) is 63.0 cm³/mol. The number of nitrogens with zero attached hydrogens (tertiary/aromatic N) is 2. The lowest BCUT2D eigenvalue weighted by Gasteiger charge is -2.21. The van der Waals surface area contributed by atoms with Crippen LogP contribution < -0.4 is 5.32 Å². The molecule has 2 N–H and O–H groups in total. The minimum absolute atomic E-state index is 0.134. The van der Waals surface area contributed by atoms with E-state index in [0.29, 0.717) is 5.89 Å². The first-order chi connectivity index (χ1) is 8.45. The number of carbonyl (C=O) groups excluding carboxylic acids is 1. The van der Waals surface area contributed by atoms with Crippen molar-refractivity contribution in [1.29, 1.82) is 0 Å². The van der Waals surface area contributed by atoms with Gasteiger partial charge in [0.2, 0.25) is 5.89 Å². The molecule has 1 unspecified atom stereocenters. The summed E-state index contributed by atoms with van der Waals surface area (Å²) in [6.45, 7) is 3.50. The Morgan fingerprint density at radius 3 is 2.78 bits per heavy atom. The summed E-state index contributed by atoms with van der Waals surface area (Å²) in [5, 5.41) is 11.3. The molecule has 18 heavy (non-hydrogen) atoms. The Labute approximate surface area is 105 Å². The van der Waals surface area contributed by atoms with Gasteiger partial charge in [-0.15, -0.1) is 0 Å². The van der Waals surface area contributed by atoms with Crippen LogP contribution in [0.5, 0.6) is 0 Å². The molecule has 0 aliphatic rings. The molecule has 100 valence electrons. The Hall–Kier alpha value is -2.05. The highest BCUT2D eigenvalue weighted by molar-refractivity contribution is 5.81. The van der Waals surface area contributed by atoms with Crippen molar-refractivity contribution >= 4 is 12.0 Å². The molecule has 2 amide bonds. The van der Waals surface area contributed by atoms with E-state index in [-0.39, 0.29) is 6.54 Å². The Kier molecular flexibility index (Phi) is 4.70. The number of hydrogen-bond donors (Lipinski definition) is 2. The number of nitrogens with one attached hydrogen (secondary N) is 1. The molecule has 1 atom stereocenters. The van der Waals surface area contributed by atoms with E-state index in [1.165, 1.54) is 14.0 Å². The largest absolute Gasteiger partial charge is 0.480 e. The first-order valence-corrected chi connectivity index (χ1v) is 5.62. The number of carbonyl (C=O) groups is 2. The highest BCUT2D eigenvalue weighted by Gasteiger charge is 2.21. The van der Waals surface area contributed by atoms with Crippen molar-refractivity contribution in [2.24, 2.45) is 0 Å². The van der Waals surface area contributed by atoms with Crippen molar-refractivity contribution < 1.29 is 19.1 Å². The van der Waals surface area contributed by atoms with Crippen molar-refractivity contribution in [3.8, 4) is 0 Å². The number of amides is 2. The Balaban J connectivity index is 2.48. The Morgan fingerprint density at radius 2 is 2.28 bits per heavy atom. The molecule has 1 aromatic heterocycles. The SMILES string of the molecule is CCc1cnc(CNC(=O)N(C)C(C)C(=O)O)o1. The second-order valence-corrected chi connectivity index (χ2v) is 3.86. The molecule has 0 spiro atoms. The first kappa shape index (κ1) is 14.0. The minimum atomic E-state index is -1.06. The van der Waals surface area contributed by atoms with Crippen LogP contribution in [0.3, 0.4) is 0 Å². The third-order valence-corrected chi connectivity index (χ3v) is 2.60. The maximum Gasteiger partial charge on any atom is 0.326 e. The summed E-state index contributed by atoms with van der Waals surface area (Å²) < 4.78 is 5.31. The summed E-state index contributed by atoms with van der Waals surface area (Å²) in [6, 6.07) is -1.37. The number of aryl methyl sites for hydroxylation is 1. The second kappa shape index (κ2) is 6.04. The molecule has 0 saturated carbocycles. The van der Waals surface area contributed by atoms with Gasteiger partial charge in [0.1, 0.15) is 11.8 Å². The molecule has 1 rings (SSSR count). The molecule has 0 aliphatic heterocycles. The van der Waals surface area contributed by atoms with Crippen molar-refractivity contribution in [2.75, 3.05) is 7.05 Å². The van der Waals surface area contributed by atoms with E-state index < -0.39 is 18.0 Å². The molecule has 1 aromatic rings. The van der Waals surface area contributed by atoms with Gasteiger partial charge in [-0.3, -0.25) is 0 Å². The lowest BCUT2D eigenvalue weighted by Crippen LogP contribution is -2.45. The number of aliphatic carboxylic acids is 1. The van der Waals surface area contributed by atoms with Gasteiger partial charge >= 0.3 is 12.0 Å². The molecule has 0 fully saturated rings. The number of carboxylic acid groups (broad SMARTS) is 1. The van der Waals surface area contributed by atoms with E-state index in [1.807, 2.05) is 6.92 Å². The van der Waals surface area contributed by atoms with E-state index in [2.05, 4.69) is 10.3 Å². The van der Waals surface area contributed by atoms with Gasteiger partial charge in [-0.2, -0.15) is 0 Å². The number of hydrogen-bond acceptors (Lipinski definition) is 4. The standard InChI is InChI=1S/C11H17N3O4/c1-4-8-5-12-9(18-8)6-13-11(17)14(3)7(2)10(15)16/h5,7H,4,6H2,1-3H3,(H,13,17)(H,15,16). The van der Waals surface area contributed by atoms with Gasteiger partial charge in [0.15, 0.2) is 0 Å². The highest BCUT2D eigenvalue weighted by atomic mass is 16.4. The molecule has 1 heterocycles. The fourth-order valence-electron chi connectivity index (χ4n) is 1.21. The van der Waals surface area contributed by atoms with Crippen LogP contribution in [0, 0.1) is 0 Å². The number of likely N-dealkylation sites (N-methyl/N-ethyl adjacent to an activating group) is 1. The molecular formula is C11H17N3O4. The Bertz CT molecular complexity index is 430. The summed E-state index contributed by atoms with van der Waals surface area (Å²) in [6.07, 6.45) is 2.34. The molecule has 0 aliphatic carbocycles. The smallest absolute Gasteiger partial charge is 0.326 e. The van der Waals surface area contributed by atoms with Gasteiger partial charge in [0, 0.05) is 13.5 Å². The zero-order chi connectivity index (χ0) is 13.7. The fourth-order valence-corrected chi connectivity index (χ4v) is 1.21. The number of aromatic nitrogens is 1. The van der Waals surface area contributed by atoms with Crippen LogP contribution in [0.25, 0.3) is 0 Å². The lowest BCUT2D eigenvalue weighted by molar-refractivity contribution is -0.141. The topological polar surface area (TPSA) is 95.7 Å². The molecule has 0 bridgehead atoms. The van der Waals surface area contributed by atoms with Gasteiger partial charge < -0.3 is 19.7 Å². The van der Waals surface area contributed by atoms with Gasteiger partial charge in [-0.05, 0) is 6.92 Å². The predicted octanol–water partition coefficient (Wildman–Crippen LogP) is 0.852. The van der Waals surface area contributed by atoms with Crippen LogP contribution in [-0.4, -0.2) is 40.1 Å². The van der Waals surface area contributed by atoms with Gasteiger partial charge in [0.25, 0.3) is 0 Å². The van der Waals surface area contributed by atoms with Crippen LogP contribution >= 0.6 is 0 Å². The molecule has 7 heteroatoms. The number of carboxylic acids is 1. The monoisotopic (exact) mass is 255 g/mol. The van der Waals surface area contributed by atoms with Crippen LogP contribution in [0.4, 0.5) is 4.79 Å². The quantitative estimate of drug-likeness (QED) is 0.813. The summed E-state index contributed by atoms with van der Waals surface area (Å²) in [7, 11) is 1.42. The minimum Gasteiger partial charge on any atom is -0.480 e. The fraction of sp³-hybridized carbons (Fsp3) is 0.545. The van der Waals surface area contributed by atoms with E-state index in [4.69, 9.17) is 9.52 Å². The summed E-state index contributed by atoms with van der Waals surface area (Å²) >= 11 is 0. The Morgan fingerprint density at radius 1 is 1.61 bits per heavy atom. The van der Waals surface area contributed by atoms with Crippen LogP contribution in [0.2, 0.25) is 0 Å². The van der Waals surface area contributed by atoms with Gasteiger partial charge in [-0.25, -0.2) is 14.6 Å². The maximum absolute atomic E-state index is 11.6. The zero-order valence-corrected chi connectivity index (χ0v) is 10.6. The third kappa shape index (κ3) is 3.47. The molecular weight excluding hydrogens is 238 g/mol. The molecule has 0 aromatic carbocycles. The van der Waals surface area contributed by atoms with E-state index in [0.717, 1.165) is 17.1 Å². The summed E-state index contributed by atoms with van der Waals surface area (Å²) in [5.74, 6) is 0.0835. The number of rotatable bonds is 5. The third-order valence-electron chi connectivity index (χ3n) is 2.60. The van der Waals surface area contributed by atoms with Crippen molar-refractivity contribution in [1.82, 2.24) is 15.2 Å². The van der Waals surface area contributed by atoms with Crippen molar-refractivity contribution in [3.63, 3.8) is 0 Å². The number of urea groups is 1. The zero-order valence-electron chi connectivity index (χ0n) is 10.6. The van der Waals surface area contributed by atoms with E-state index in [1.54, 1.807) is 6.20 Å². The summed E-state index contributed by atoms with van der Waals surface area (Å²) in [5.41, 5.74) is 0. The van der Waals surface area contributed by atoms with Gasteiger partial charge in [-0.1, -0.05) is 6.92 Å². The average Bonchev–Trinajstić information content (AvgIpc) is 2.81. The van der Waals surface area contributed by atoms with Crippen LogP contribution in [-0.2, 0) is 17.8 Å². The van der Waals surface area contributed by atoms with Crippen molar-refractivity contribution in [2.45, 2.75) is 32.9 Å².